The van der Waals surface area contributed by atoms with Crippen molar-refractivity contribution in [2.24, 2.45) is 0 Å². The van der Waals surface area contributed by atoms with Crippen LogP contribution in [0.3, 0.4) is 0 Å². The zero-order chi connectivity index (χ0) is 33.5. The number of nitrogens with zero attached hydrogens (tertiary/aromatic N) is 1. The third-order valence-corrected chi connectivity index (χ3v) is 9.44. The Morgan fingerprint density at radius 3 is 2.40 bits per heavy atom. The quantitative estimate of drug-likeness (QED) is 0.0864. The number of hydrogen-bond acceptors (Lipinski definition) is 6. The predicted molar refractivity (Wildman–Crippen MR) is 194 cm³/mol. The van der Waals surface area contributed by atoms with Gasteiger partial charge in [-0.1, -0.05) is 72.8 Å². The van der Waals surface area contributed by atoms with Crippen molar-refractivity contribution in [3.05, 3.63) is 143 Å². The highest BCUT2D eigenvalue weighted by atomic mass is 32.2. The standard InChI is InChI=1S/C38H29N5O3S2/c1-24(35(44)43-38-31(21-39)32(23-47-38)25-11-4-2-5-12-25)48-29-16-10-15-28(20-29)41-37(46)34(42-36(45)26-13-6-3-7-14-26)19-27-22-40-33-18-9-8-17-30(27)33/h2-20,22-24,40H,1H3,(H,41,46)(H,42,45)(H,43,44)/b34-19-. The number of aromatic nitrogens is 1. The van der Waals surface area contributed by atoms with Crippen molar-refractivity contribution in [2.75, 3.05) is 10.6 Å². The van der Waals surface area contributed by atoms with Crippen LogP contribution in [0.15, 0.2) is 131 Å². The molecule has 48 heavy (non-hydrogen) atoms. The number of carbonyl (C=O) groups excluding carboxylic acids is 3. The number of carbonyl (C=O) groups is 3. The van der Waals surface area contributed by atoms with E-state index in [0.29, 0.717) is 21.8 Å². The van der Waals surface area contributed by atoms with Gasteiger partial charge in [-0.3, -0.25) is 14.4 Å². The van der Waals surface area contributed by atoms with Crippen molar-refractivity contribution < 1.29 is 14.4 Å². The number of thioether (sulfide) groups is 1. The molecule has 0 spiro atoms. The Balaban J connectivity index is 1.17. The van der Waals surface area contributed by atoms with Gasteiger partial charge in [-0.2, -0.15) is 5.26 Å². The molecular formula is C38H29N5O3S2. The number of rotatable bonds is 10. The fourth-order valence-corrected chi connectivity index (χ4v) is 6.87. The SMILES string of the molecule is CC(Sc1cccc(NC(=O)/C(=C/c2c[nH]c3ccccc23)NC(=O)c2ccccc2)c1)C(=O)Nc1scc(-c2ccccc2)c1C#N. The van der Waals surface area contributed by atoms with Crippen molar-refractivity contribution in [1.29, 1.82) is 5.26 Å². The van der Waals surface area contributed by atoms with Crippen LogP contribution in [0.2, 0.25) is 0 Å². The second-order valence-corrected chi connectivity index (χ2v) is 13.0. The van der Waals surface area contributed by atoms with E-state index in [4.69, 9.17) is 0 Å². The van der Waals surface area contributed by atoms with Gasteiger partial charge in [0.05, 0.1) is 10.8 Å². The van der Waals surface area contributed by atoms with Crippen molar-refractivity contribution in [2.45, 2.75) is 17.1 Å². The van der Waals surface area contributed by atoms with Crippen LogP contribution in [-0.2, 0) is 9.59 Å². The summed E-state index contributed by atoms with van der Waals surface area (Å²) in [6.45, 7) is 1.78. The van der Waals surface area contributed by atoms with Crippen LogP contribution < -0.4 is 16.0 Å². The summed E-state index contributed by atoms with van der Waals surface area (Å²) in [6.07, 6.45) is 3.43. The Morgan fingerprint density at radius 1 is 0.896 bits per heavy atom. The zero-order valence-electron chi connectivity index (χ0n) is 25.7. The van der Waals surface area contributed by atoms with Crippen LogP contribution in [0, 0.1) is 11.3 Å². The van der Waals surface area contributed by atoms with E-state index >= 15 is 0 Å². The highest BCUT2D eigenvalue weighted by Gasteiger charge is 2.21. The molecule has 6 aromatic rings. The summed E-state index contributed by atoms with van der Waals surface area (Å²) < 4.78 is 0. The molecule has 6 rings (SSSR count). The lowest BCUT2D eigenvalue weighted by Gasteiger charge is -2.14. The molecule has 0 saturated carbocycles. The van der Waals surface area contributed by atoms with Gasteiger partial charge in [-0.25, -0.2) is 0 Å². The van der Waals surface area contributed by atoms with Crippen molar-refractivity contribution in [1.82, 2.24) is 10.3 Å². The molecule has 0 aliphatic rings. The summed E-state index contributed by atoms with van der Waals surface area (Å²) in [7, 11) is 0. The number of benzene rings is 4. The van der Waals surface area contributed by atoms with E-state index in [1.54, 1.807) is 61.7 Å². The average molecular weight is 668 g/mol. The smallest absolute Gasteiger partial charge is 0.272 e. The summed E-state index contributed by atoms with van der Waals surface area (Å²) in [5.41, 5.74) is 4.74. The Morgan fingerprint density at radius 2 is 1.62 bits per heavy atom. The number of amides is 3. The molecule has 0 saturated heterocycles. The highest BCUT2D eigenvalue weighted by molar-refractivity contribution is 8.00. The normalized spacial score (nSPS) is 11.8. The van der Waals surface area contributed by atoms with Crippen LogP contribution >= 0.6 is 23.1 Å². The number of H-pyrrole nitrogens is 1. The van der Waals surface area contributed by atoms with Gasteiger partial charge >= 0.3 is 0 Å². The first-order valence-electron chi connectivity index (χ1n) is 15.0. The maximum atomic E-state index is 13.7. The highest BCUT2D eigenvalue weighted by Crippen LogP contribution is 2.36. The molecule has 2 heterocycles. The molecule has 8 nitrogen and oxygen atoms in total. The van der Waals surface area contributed by atoms with E-state index in [2.05, 4.69) is 27.0 Å². The fraction of sp³-hybridized carbons (Fsp3) is 0.0526. The summed E-state index contributed by atoms with van der Waals surface area (Å²) in [6, 6.07) is 35.3. The first-order valence-corrected chi connectivity index (χ1v) is 16.8. The summed E-state index contributed by atoms with van der Waals surface area (Å²) >= 11 is 2.64. The Kier molecular flexibility index (Phi) is 9.81. The molecule has 3 amide bonds. The van der Waals surface area contributed by atoms with Gasteiger partial charge in [0.25, 0.3) is 11.8 Å². The molecule has 0 aliphatic heterocycles. The molecule has 0 bridgehead atoms. The first kappa shape index (κ1) is 32.1. The van der Waals surface area contributed by atoms with Gasteiger partial charge in [0.2, 0.25) is 5.91 Å². The number of thiophene rings is 1. The second kappa shape index (κ2) is 14.7. The van der Waals surface area contributed by atoms with Crippen molar-refractivity contribution in [3.63, 3.8) is 0 Å². The van der Waals surface area contributed by atoms with E-state index in [1.807, 2.05) is 72.1 Å². The third kappa shape index (κ3) is 7.39. The lowest BCUT2D eigenvalue weighted by Crippen LogP contribution is -2.30. The van der Waals surface area contributed by atoms with E-state index < -0.39 is 17.1 Å². The van der Waals surface area contributed by atoms with Gasteiger partial charge in [0, 0.05) is 49.8 Å². The van der Waals surface area contributed by atoms with Gasteiger partial charge in [0.15, 0.2) is 0 Å². The molecule has 4 N–H and O–H groups in total. The van der Waals surface area contributed by atoms with Gasteiger partial charge in [-0.05, 0) is 55.0 Å². The van der Waals surface area contributed by atoms with Gasteiger partial charge in [0.1, 0.15) is 16.8 Å². The monoisotopic (exact) mass is 667 g/mol. The number of hydrogen-bond donors (Lipinski definition) is 4. The molecule has 4 aromatic carbocycles. The maximum absolute atomic E-state index is 13.7. The Bertz CT molecular complexity index is 2180. The molecule has 2 aromatic heterocycles. The van der Waals surface area contributed by atoms with Crippen LogP contribution in [-0.4, -0.2) is 28.0 Å². The van der Waals surface area contributed by atoms with E-state index in [0.717, 1.165) is 32.5 Å². The Labute approximate surface area is 285 Å². The number of nitrogens with one attached hydrogen (secondary N) is 4. The molecular weight excluding hydrogens is 639 g/mol. The minimum Gasteiger partial charge on any atom is -0.361 e. The summed E-state index contributed by atoms with van der Waals surface area (Å²) in [5, 5.41) is 21.2. The number of nitriles is 1. The maximum Gasteiger partial charge on any atom is 0.272 e. The minimum atomic E-state index is -0.507. The van der Waals surface area contributed by atoms with Gasteiger partial charge < -0.3 is 20.9 Å². The zero-order valence-corrected chi connectivity index (χ0v) is 27.3. The van der Waals surface area contributed by atoms with E-state index in [9.17, 15) is 19.6 Å². The van der Waals surface area contributed by atoms with Crippen LogP contribution in [0.4, 0.5) is 10.7 Å². The lowest BCUT2D eigenvalue weighted by molar-refractivity contribution is -0.115. The number of anilines is 2. The van der Waals surface area contributed by atoms with Crippen molar-refractivity contribution in [3.8, 4) is 17.2 Å². The minimum absolute atomic E-state index is 0.0681. The number of aromatic amines is 1. The van der Waals surface area contributed by atoms with Crippen LogP contribution in [0.5, 0.6) is 0 Å². The molecule has 0 fully saturated rings. The third-order valence-electron chi connectivity index (χ3n) is 7.45. The largest absolute Gasteiger partial charge is 0.361 e. The van der Waals surface area contributed by atoms with Crippen LogP contribution in [0.1, 0.15) is 28.4 Å². The summed E-state index contributed by atoms with van der Waals surface area (Å²) in [5.74, 6) is -1.17. The van der Waals surface area contributed by atoms with E-state index in [-0.39, 0.29) is 11.6 Å². The molecule has 1 unspecified atom stereocenters. The van der Waals surface area contributed by atoms with Crippen molar-refractivity contribution >= 4 is 68.5 Å². The van der Waals surface area contributed by atoms with Crippen LogP contribution in [0.25, 0.3) is 28.1 Å². The number of para-hydroxylation sites is 1. The molecule has 236 valence electrons. The van der Waals surface area contributed by atoms with Gasteiger partial charge in [-0.15, -0.1) is 23.1 Å². The molecule has 0 aliphatic carbocycles. The molecule has 1 atom stereocenters. The molecule has 10 heteroatoms. The Hall–Kier alpha value is -5.89. The lowest BCUT2D eigenvalue weighted by atomic mass is 10.1. The van der Waals surface area contributed by atoms with E-state index in [1.165, 1.54) is 23.1 Å². The number of fused-ring (bicyclic) bond motifs is 1. The first-order chi connectivity index (χ1) is 23.4. The average Bonchev–Trinajstić information content (AvgIpc) is 3.72. The predicted octanol–water partition coefficient (Wildman–Crippen LogP) is 8.30. The fourth-order valence-electron chi connectivity index (χ4n) is 5.02. The molecule has 0 radical (unpaired) electrons. The summed E-state index contributed by atoms with van der Waals surface area (Å²) in [4.78, 5) is 43.9. The second-order valence-electron chi connectivity index (χ2n) is 10.7. The topological polar surface area (TPSA) is 127 Å².